The van der Waals surface area contributed by atoms with Gasteiger partial charge in [0.1, 0.15) is 6.04 Å². The Hall–Kier alpha value is -1.41. The van der Waals surface area contributed by atoms with Gasteiger partial charge in [0, 0.05) is 25.5 Å². The average molecular weight is 332 g/mol. The molecular formula is C14H22NO6S+. The quantitative estimate of drug-likeness (QED) is 0.604. The SMILES string of the molecule is COC(=O)CC(CSC(C)=O)C(=O)[N+]1(C(=O)O)CCC[C@H]1C. The van der Waals surface area contributed by atoms with Gasteiger partial charge in [-0.25, -0.2) is 4.79 Å². The number of methoxy groups -OCH3 is 1. The standard InChI is InChI=1S/C14H21NO6S/c1-9-5-4-6-15(9,14(19)20)13(18)11(7-12(17)21-3)8-22-10(2)16/h9,11H,4-8H2,1-3H3/p+1/t9-,11?,15?/m1/s1. The average Bonchev–Trinajstić information content (AvgIpc) is 2.84. The van der Waals surface area contributed by atoms with Crippen LogP contribution in [0.3, 0.4) is 0 Å². The van der Waals surface area contributed by atoms with Crippen LogP contribution in [-0.2, 0) is 19.1 Å². The molecule has 0 radical (unpaired) electrons. The third-order valence-corrected chi connectivity index (χ3v) is 5.07. The van der Waals surface area contributed by atoms with Gasteiger partial charge in [-0.3, -0.25) is 9.59 Å². The van der Waals surface area contributed by atoms with Crippen LogP contribution < -0.4 is 0 Å². The molecule has 1 fully saturated rings. The highest BCUT2D eigenvalue weighted by molar-refractivity contribution is 8.13. The fourth-order valence-electron chi connectivity index (χ4n) is 2.83. The molecule has 1 rings (SSSR count). The Morgan fingerprint density at radius 3 is 2.41 bits per heavy atom. The first kappa shape index (κ1) is 18.6. The van der Waals surface area contributed by atoms with Gasteiger partial charge < -0.3 is 9.84 Å². The first-order valence-corrected chi connectivity index (χ1v) is 8.10. The lowest BCUT2D eigenvalue weighted by molar-refractivity contribution is -0.794. The molecule has 124 valence electrons. The maximum Gasteiger partial charge on any atom is 0.521 e. The van der Waals surface area contributed by atoms with E-state index in [1.54, 1.807) is 6.92 Å². The van der Waals surface area contributed by atoms with Gasteiger partial charge >= 0.3 is 18.0 Å². The van der Waals surface area contributed by atoms with E-state index < -0.39 is 28.4 Å². The minimum absolute atomic E-state index is 0.0866. The fourth-order valence-corrected chi connectivity index (χ4v) is 3.52. The Morgan fingerprint density at radius 2 is 2.00 bits per heavy atom. The number of carbonyl (C=O) groups is 4. The summed E-state index contributed by atoms with van der Waals surface area (Å²) in [5.41, 5.74) is 0. The van der Waals surface area contributed by atoms with Crippen molar-refractivity contribution < 1.29 is 33.5 Å². The van der Waals surface area contributed by atoms with Crippen LogP contribution in [-0.4, -0.2) is 58.1 Å². The molecule has 0 bridgehead atoms. The summed E-state index contributed by atoms with van der Waals surface area (Å²) in [6, 6.07) is -0.340. The van der Waals surface area contributed by atoms with Crippen LogP contribution in [0.15, 0.2) is 0 Å². The summed E-state index contributed by atoms with van der Waals surface area (Å²) in [6.07, 6.45) is -0.125. The first-order valence-electron chi connectivity index (χ1n) is 7.11. The third kappa shape index (κ3) is 3.86. The lowest BCUT2D eigenvalue weighted by atomic mass is 10.0. The zero-order valence-corrected chi connectivity index (χ0v) is 13.9. The summed E-state index contributed by atoms with van der Waals surface area (Å²) in [6.45, 7) is 3.31. The highest BCUT2D eigenvalue weighted by atomic mass is 32.2. The maximum atomic E-state index is 12.8. The van der Waals surface area contributed by atoms with Gasteiger partial charge in [0.05, 0.1) is 26.0 Å². The number of esters is 1. The van der Waals surface area contributed by atoms with Crippen LogP contribution in [0.2, 0.25) is 0 Å². The molecular weight excluding hydrogens is 310 g/mol. The van der Waals surface area contributed by atoms with Crippen molar-refractivity contribution in [2.75, 3.05) is 19.4 Å². The van der Waals surface area contributed by atoms with Gasteiger partial charge in [0.15, 0.2) is 5.12 Å². The second-order valence-corrected chi connectivity index (χ2v) is 6.68. The van der Waals surface area contributed by atoms with Gasteiger partial charge in [-0.15, -0.1) is 0 Å². The van der Waals surface area contributed by atoms with E-state index in [2.05, 4.69) is 4.74 Å². The number of quaternary nitrogens is 1. The van der Waals surface area contributed by atoms with E-state index in [0.29, 0.717) is 12.8 Å². The van der Waals surface area contributed by atoms with E-state index in [-0.39, 0.29) is 29.9 Å². The van der Waals surface area contributed by atoms with Crippen LogP contribution in [0.25, 0.3) is 0 Å². The van der Waals surface area contributed by atoms with E-state index in [1.165, 1.54) is 14.0 Å². The predicted octanol–water partition coefficient (Wildman–Crippen LogP) is 1.65. The van der Waals surface area contributed by atoms with Gasteiger partial charge in [-0.2, -0.15) is 9.28 Å². The van der Waals surface area contributed by atoms with Crippen LogP contribution >= 0.6 is 11.8 Å². The molecule has 22 heavy (non-hydrogen) atoms. The third-order valence-electron chi connectivity index (χ3n) is 4.10. The molecule has 0 spiro atoms. The monoisotopic (exact) mass is 332 g/mol. The van der Waals surface area contributed by atoms with Gasteiger partial charge in [0.2, 0.25) is 0 Å². The lowest BCUT2D eigenvalue weighted by Crippen LogP contribution is -2.61. The van der Waals surface area contributed by atoms with Crippen LogP contribution in [0.5, 0.6) is 0 Å². The molecule has 0 saturated carbocycles. The van der Waals surface area contributed by atoms with Crippen molar-refractivity contribution in [1.29, 1.82) is 0 Å². The molecule has 0 aromatic rings. The number of hydrogen-bond donors (Lipinski definition) is 1. The highest BCUT2D eigenvalue weighted by Crippen LogP contribution is 2.32. The zero-order valence-electron chi connectivity index (χ0n) is 13.0. The lowest BCUT2D eigenvalue weighted by Gasteiger charge is -2.32. The molecule has 1 N–H and O–H groups in total. The molecule has 1 heterocycles. The number of imide groups is 1. The van der Waals surface area contributed by atoms with Gasteiger partial charge in [0.25, 0.3) is 0 Å². The van der Waals surface area contributed by atoms with E-state index in [4.69, 9.17) is 0 Å². The smallest absolute Gasteiger partial charge is 0.469 e. The van der Waals surface area contributed by atoms with Crippen LogP contribution in [0, 0.1) is 5.92 Å². The molecule has 7 nitrogen and oxygen atoms in total. The molecule has 0 aliphatic carbocycles. The predicted molar refractivity (Wildman–Crippen MR) is 80.1 cm³/mol. The number of carboxylic acid groups (broad SMARTS) is 1. The fraction of sp³-hybridized carbons (Fsp3) is 0.714. The molecule has 1 saturated heterocycles. The van der Waals surface area contributed by atoms with Crippen molar-refractivity contribution in [3.05, 3.63) is 0 Å². The van der Waals surface area contributed by atoms with Crippen molar-refractivity contribution in [1.82, 2.24) is 0 Å². The number of amides is 2. The van der Waals surface area contributed by atoms with Gasteiger partial charge in [-0.05, 0) is 6.92 Å². The molecule has 1 aliphatic rings. The Bertz CT molecular complexity index is 480. The molecule has 3 atom stereocenters. The van der Waals surface area contributed by atoms with Crippen molar-refractivity contribution in [3.8, 4) is 0 Å². The van der Waals surface area contributed by atoms with Crippen molar-refractivity contribution in [2.45, 2.75) is 39.2 Å². The summed E-state index contributed by atoms with van der Waals surface area (Å²) in [7, 11) is 1.21. The van der Waals surface area contributed by atoms with Crippen molar-refractivity contribution in [3.63, 3.8) is 0 Å². The molecule has 0 aromatic carbocycles. The normalized spacial score (nSPS) is 25.5. The minimum atomic E-state index is -1.20. The summed E-state index contributed by atoms with van der Waals surface area (Å²) in [4.78, 5) is 47.2. The number of rotatable bonds is 5. The van der Waals surface area contributed by atoms with Gasteiger partial charge in [-0.1, -0.05) is 11.8 Å². The zero-order chi connectivity index (χ0) is 16.9. The largest absolute Gasteiger partial charge is 0.521 e. The second-order valence-electron chi connectivity index (χ2n) is 5.48. The molecule has 1 aliphatic heterocycles. The first-order chi connectivity index (χ1) is 10.3. The van der Waals surface area contributed by atoms with E-state index in [9.17, 15) is 24.3 Å². The minimum Gasteiger partial charge on any atom is -0.469 e. The number of hydrogen-bond acceptors (Lipinski definition) is 6. The Morgan fingerprint density at radius 1 is 1.36 bits per heavy atom. The Labute approximate surface area is 133 Å². The number of likely N-dealkylation sites (tertiary alicyclic amines) is 1. The summed E-state index contributed by atoms with van der Waals surface area (Å²) in [5.74, 6) is -1.86. The second kappa shape index (κ2) is 7.73. The molecule has 2 amide bonds. The summed E-state index contributed by atoms with van der Waals surface area (Å²) >= 11 is 0.920. The van der Waals surface area contributed by atoms with Crippen LogP contribution in [0.4, 0.5) is 4.79 Å². The molecule has 8 heteroatoms. The Kier molecular flexibility index (Phi) is 6.55. The van der Waals surface area contributed by atoms with Crippen LogP contribution in [0.1, 0.15) is 33.1 Å². The summed E-state index contributed by atoms with van der Waals surface area (Å²) in [5, 5.41) is 9.40. The molecule has 0 aromatic heterocycles. The highest BCUT2D eigenvalue weighted by Gasteiger charge is 2.55. The van der Waals surface area contributed by atoms with Crippen molar-refractivity contribution >= 4 is 34.8 Å². The summed E-state index contributed by atoms with van der Waals surface area (Å²) < 4.78 is 3.91. The molecule has 2 unspecified atom stereocenters. The maximum absolute atomic E-state index is 12.8. The Balaban J connectivity index is 3.04. The number of carbonyl (C=O) groups excluding carboxylic acids is 3. The van der Waals surface area contributed by atoms with Crippen molar-refractivity contribution in [2.24, 2.45) is 5.92 Å². The number of ether oxygens (including phenoxy) is 1. The van der Waals surface area contributed by atoms with E-state index in [0.717, 1.165) is 11.8 Å². The number of nitrogens with zero attached hydrogens (tertiary/aromatic N) is 1. The van der Waals surface area contributed by atoms with E-state index in [1.807, 2.05) is 0 Å². The topological polar surface area (TPSA) is 97.7 Å². The number of thioether (sulfide) groups is 1. The van der Waals surface area contributed by atoms with E-state index >= 15 is 0 Å².